The van der Waals surface area contributed by atoms with E-state index in [1.807, 2.05) is 30.3 Å². The highest BCUT2D eigenvalue weighted by atomic mass is 16.5. The minimum absolute atomic E-state index is 0.0375. The number of aryl methyl sites for hydroxylation is 1. The van der Waals surface area contributed by atoms with Gasteiger partial charge in [0.25, 0.3) is 0 Å². The molecule has 0 fully saturated rings. The third-order valence-corrected chi connectivity index (χ3v) is 4.30. The first-order valence-corrected chi connectivity index (χ1v) is 8.68. The average Bonchev–Trinajstić information content (AvgIpc) is 2.69. The molecule has 3 aromatic carbocycles. The number of ether oxygens (including phenoxy) is 2. The van der Waals surface area contributed by atoms with Crippen molar-refractivity contribution in [2.75, 3.05) is 7.11 Å². The lowest BCUT2D eigenvalue weighted by Gasteiger charge is -2.19. The van der Waals surface area contributed by atoms with Crippen molar-refractivity contribution in [1.82, 2.24) is 0 Å². The van der Waals surface area contributed by atoms with E-state index in [1.165, 1.54) is 11.1 Å². The Bertz CT molecular complexity index is 710. The monoisotopic (exact) mass is 332 g/mol. The Morgan fingerprint density at radius 2 is 1.44 bits per heavy atom. The molecule has 25 heavy (non-hydrogen) atoms. The van der Waals surface area contributed by atoms with E-state index in [0.29, 0.717) is 6.61 Å². The second kappa shape index (κ2) is 9.05. The molecule has 0 saturated heterocycles. The zero-order chi connectivity index (χ0) is 17.3. The van der Waals surface area contributed by atoms with E-state index >= 15 is 0 Å². The second-order valence-corrected chi connectivity index (χ2v) is 6.09. The Morgan fingerprint density at radius 1 is 0.760 bits per heavy atom. The fourth-order valence-corrected chi connectivity index (χ4v) is 2.90. The van der Waals surface area contributed by atoms with Crippen molar-refractivity contribution in [2.24, 2.45) is 0 Å². The van der Waals surface area contributed by atoms with E-state index in [0.717, 1.165) is 24.2 Å². The molecule has 3 aromatic rings. The van der Waals surface area contributed by atoms with E-state index in [9.17, 15) is 0 Å². The molecule has 0 aromatic heterocycles. The summed E-state index contributed by atoms with van der Waals surface area (Å²) in [5.41, 5.74) is 3.68. The molecule has 0 aliphatic heterocycles. The fourth-order valence-electron chi connectivity index (χ4n) is 2.90. The number of rotatable bonds is 8. The quantitative estimate of drug-likeness (QED) is 0.535. The number of methoxy groups -OCH3 is 1. The van der Waals surface area contributed by atoms with Crippen LogP contribution in [0.3, 0.4) is 0 Å². The van der Waals surface area contributed by atoms with Crippen molar-refractivity contribution >= 4 is 0 Å². The Labute approximate surface area is 150 Å². The van der Waals surface area contributed by atoms with Crippen LogP contribution in [0.4, 0.5) is 0 Å². The standard InChI is InChI=1S/C23H24O2/c1-24-22-14-8-13-21(17-22)23(16-15-19-9-4-2-5-10-19)25-18-20-11-6-3-7-12-20/h2-14,17,23H,15-16,18H2,1H3/t23-/m0/s1. The molecule has 128 valence electrons. The van der Waals surface area contributed by atoms with Crippen LogP contribution in [-0.4, -0.2) is 7.11 Å². The molecule has 0 unspecified atom stereocenters. The summed E-state index contributed by atoms with van der Waals surface area (Å²) in [4.78, 5) is 0. The van der Waals surface area contributed by atoms with Crippen molar-refractivity contribution in [3.63, 3.8) is 0 Å². The van der Waals surface area contributed by atoms with Gasteiger partial charge < -0.3 is 9.47 Å². The summed E-state index contributed by atoms with van der Waals surface area (Å²) in [5, 5.41) is 0. The predicted octanol–water partition coefficient (Wildman–Crippen LogP) is 5.59. The van der Waals surface area contributed by atoms with Crippen LogP contribution in [0.25, 0.3) is 0 Å². The topological polar surface area (TPSA) is 18.5 Å². The normalized spacial score (nSPS) is 11.9. The lowest BCUT2D eigenvalue weighted by atomic mass is 10.0. The SMILES string of the molecule is COc1cccc([C@H](CCc2ccccc2)OCc2ccccc2)c1. The summed E-state index contributed by atoms with van der Waals surface area (Å²) in [6.45, 7) is 0.609. The van der Waals surface area contributed by atoms with Gasteiger partial charge in [0.1, 0.15) is 5.75 Å². The first kappa shape index (κ1) is 17.2. The van der Waals surface area contributed by atoms with Crippen molar-refractivity contribution in [3.05, 3.63) is 102 Å². The second-order valence-electron chi connectivity index (χ2n) is 6.09. The maximum Gasteiger partial charge on any atom is 0.119 e. The minimum Gasteiger partial charge on any atom is -0.497 e. The van der Waals surface area contributed by atoms with Crippen LogP contribution in [0.15, 0.2) is 84.9 Å². The van der Waals surface area contributed by atoms with Gasteiger partial charge >= 0.3 is 0 Å². The van der Waals surface area contributed by atoms with Crippen LogP contribution in [0.1, 0.15) is 29.2 Å². The molecular formula is C23H24O2. The third kappa shape index (κ3) is 5.20. The maximum atomic E-state index is 6.28. The fraction of sp³-hybridized carbons (Fsp3) is 0.217. The average molecular weight is 332 g/mol. The summed E-state index contributed by atoms with van der Waals surface area (Å²) < 4.78 is 11.7. The van der Waals surface area contributed by atoms with Gasteiger partial charge in [0.05, 0.1) is 19.8 Å². The van der Waals surface area contributed by atoms with Gasteiger partial charge in [-0.1, -0.05) is 72.8 Å². The van der Waals surface area contributed by atoms with E-state index in [4.69, 9.17) is 9.47 Å². The smallest absolute Gasteiger partial charge is 0.119 e. The van der Waals surface area contributed by atoms with E-state index < -0.39 is 0 Å². The molecule has 2 nitrogen and oxygen atoms in total. The zero-order valence-corrected chi connectivity index (χ0v) is 14.6. The van der Waals surface area contributed by atoms with Gasteiger partial charge in [0, 0.05) is 0 Å². The molecule has 0 heterocycles. The summed E-state index contributed by atoms with van der Waals surface area (Å²) in [7, 11) is 1.70. The van der Waals surface area contributed by atoms with Crippen LogP contribution in [0, 0.1) is 0 Å². The molecule has 3 rings (SSSR count). The van der Waals surface area contributed by atoms with Gasteiger partial charge in [-0.25, -0.2) is 0 Å². The Kier molecular flexibility index (Phi) is 6.24. The molecule has 0 aliphatic carbocycles. The van der Waals surface area contributed by atoms with E-state index in [-0.39, 0.29) is 6.10 Å². The highest BCUT2D eigenvalue weighted by Gasteiger charge is 2.13. The summed E-state index contributed by atoms with van der Waals surface area (Å²) in [6, 6.07) is 29.0. The molecule has 1 atom stereocenters. The van der Waals surface area contributed by atoms with Crippen LogP contribution in [0.5, 0.6) is 5.75 Å². The van der Waals surface area contributed by atoms with Crippen LogP contribution in [0.2, 0.25) is 0 Å². The van der Waals surface area contributed by atoms with Gasteiger partial charge in [-0.3, -0.25) is 0 Å². The Hall–Kier alpha value is -2.58. The summed E-state index contributed by atoms with van der Waals surface area (Å²) in [5.74, 6) is 0.866. The molecular weight excluding hydrogens is 308 g/mol. The predicted molar refractivity (Wildman–Crippen MR) is 102 cm³/mol. The van der Waals surface area contributed by atoms with Crippen molar-refractivity contribution in [2.45, 2.75) is 25.6 Å². The number of benzene rings is 3. The first-order chi connectivity index (χ1) is 12.3. The molecule has 0 radical (unpaired) electrons. The highest BCUT2D eigenvalue weighted by Crippen LogP contribution is 2.27. The van der Waals surface area contributed by atoms with Crippen molar-refractivity contribution in [3.8, 4) is 5.75 Å². The molecule has 0 aliphatic rings. The zero-order valence-electron chi connectivity index (χ0n) is 14.6. The minimum atomic E-state index is 0.0375. The lowest BCUT2D eigenvalue weighted by Crippen LogP contribution is -2.07. The van der Waals surface area contributed by atoms with Gasteiger partial charge in [-0.15, -0.1) is 0 Å². The van der Waals surface area contributed by atoms with Gasteiger partial charge in [-0.2, -0.15) is 0 Å². The number of hydrogen-bond donors (Lipinski definition) is 0. The van der Waals surface area contributed by atoms with E-state index in [1.54, 1.807) is 7.11 Å². The first-order valence-electron chi connectivity index (χ1n) is 8.68. The summed E-state index contributed by atoms with van der Waals surface area (Å²) in [6.07, 6.45) is 1.96. The van der Waals surface area contributed by atoms with Gasteiger partial charge in [-0.05, 0) is 41.7 Å². The van der Waals surface area contributed by atoms with Crippen molar-refractivity contribution < 1.29 is 9.47 Å². The largest absolute Gasteiger partial charge is 0.497 e. The maximum absolute atomic E-state index is 6.28. The number of hydrogen-bond acceptors (Lipinski definition) is 2. The molecule has 0 saturated carbocycles. The molecule has 0 spiro atoms. The van der Waals surface area contributed by atoms with E-state index in [2.05, 4.69) is 54.6 Å². The Balaban J connectivity index is 1.72. The van der Waals surface area contributed by atoms with Gasteiger partial charge in [0.15, 0.2) is 0 Å². The van der Waals surface area contributed by atoms with Crippen LogP contribution < -0.4 is 4.74 Å². The van der Waals surface area contributed by atoms with Crippen LogP contribution >= 0.6 is 0 Å². The molecule has 2 heteroatoms. The third-order valence-electron chi connectivity index (χ3n) is 4.30. The van der Waals surface area contributed by atoms with Crippen LogP contribution in [-0.2, 0) is 17.8 Å². The molecule has 0 amide bonds. The van der Waals surface area contributed by atoms with Gasteiger partial charge in [0.2, 0.25) is 0 Å². The molecule has 0 bridgehead atoms. The lowest BCUT2D eigenvalue weighted by molar-refractivity contribution is 0.0339. The molecule has 0 N–H and O–H groups in total. The Morgan fingerprint density at radius 3 is 2.12 bits per heavy atom. The highest BCUT2D eigenvalue weighted by molar-refractivity contribution is 5.30. The summed E-state index contributed by atoms with van der Waals surface area (Å²) >= 11 is 0. The van der Waals surface area contributed by atoms with Crippen molar-refractivity contribution in [1.29, 1.82) is 0 Å².